The fourth-order valence-corrected chi connectivity index (χ4v) is 2.46. The van der Waals surface area contributed by atoms with Crippen molar-refractivity contribution in [3.05, 3.63) is 36.2 Å². The van der Waals surface area contributed by atoms with Crippen molar-refractivity contribution in [3.8, 4) is 0 Å². The van der Waals surface area contributed by atoms with Crippen LogP contribution in [0.2, 0.25) is 0 Å². The number of aryl methyl sites for hydroxylation is 3. The minimum atomic E-state index is -4.41. The summed E-state index contributed by atoms with van der Waals surface area (Å²) in [7, 11) is 2.41. The number of hydrazine groups is 1. The molecular weight excluding hydrogens is 396 g/mol. The molecule has 1 aromatic carbocycles. The summed E-state index contributed by atoms with van der Waals surface area (Å²) in [6, 6.07) is 6.38. The van der Waals surface area contributed by atoms with Gasteiger partial charge in [-0.1, -0.05) is 0 Å². The van der Waals surface area contributed by atoms with Gasteiger partial charge in [-0.05, 0) is 57.1 Å². The second-order valence-corrected chi connectivity index (χ2v) is 7.59. The summed E-state index contributed by atoms with van der Waals surface area (Å²) in [6.07, 6.45) is 6.39. The summed E-state index contributed by atoms with van der Waals surface area (Å²) >= 11 is 0. The molecule has 1 heterocycles. The molecule has 0 atom stereocenters. The Morgan fingerprint density at radius 1 is 1.21 bits per heavy atom. The summed E-state index contributed by atoms with van der Waals surface area (Å²) in [5, 5.41) is 6.65. The zero-order chi connectivity index (χ0) is 21.9. The van der Waals surface area contributed by atoms with Crippen LogP contribution in [0.4, 0.5) is 17.3 Å². The molecule has 4 N–H and O–H groups in total. The van der Waals surface area contributed by atoms with Gasteiger partial charge in [0, 0.05) is 12.2 Å². The highest BCUT2D eigenvalue weighted by Gasteiger charge is 2.10. The number of benzene rings is 1. The van der Waals surface area contributed by atoms with Crippen LogP contribution in [0, 0.1) is 6.92 Å². The molecule has 0 spiro atoms. The number of nitrogens with zero attached hydrogens (tertiary/aromatic N) is 2. The van der Waals surface area contributed by atoms with Gasteiger partial charge in [-0.3, -0.25) is 9.61 Å². The third-order valence-electron chi connectivity index (χ3n) is 4.10. The number of anilines is 3. The van der Waals surface area contributed by atoms with Crippen LogP contribution in [0.25, 0.3) is 0 Å². The Hall–Kier alpha value is -2.34. The van der Waals surface area contributed by atoms with Crippen molar-refractivity contribution in [2.75, 3.05) is 43.4 Å². The molecule has 0 aliphatic heterocycles. The number of nitrogens with one attached hydrogen (secondary N) is 4. The van der Waals surface area contributed by atoms with Gasteiger partial charge in [-0.15, -0.1) is 0 Å². The van der Waals surface area contributed by atoms with Gasteiger partial charge in [-0.2, -0.15) is 5.43 Å². The van der Waals surface area contributed by atoms with E-state index in [4.69, 9.17) is 0 Å². The lowest BCUT2D eigenvalue weighted by molar-refractivity contribution is -0.656. The average molecular weight is 429 g/mol. The molecule has 2 rings (SSSR count). The smallest absolute Gasteiger partial charge is 0.378 e. The molecule has 0 saturated heterocycles. The van der Waals surface area contributed by atoms with E-state index in [0.717, 1.165) is 31.8 Å². The topological polar surface area (TPSA) is 123 Å². The van der Waals surface area contributed by atoms with Crippen LogP contribution in [-0.2, 0) is 28.7 Å². The van der Waals surface area contributed by atoms with Crippen LogP contribution in [0.5, 0.6) is 0 Å². The van der Waals surface area contributed by atoms with Gasteiger partial charge in [0.25, 0.3) is 0 Å². The Morgan fingerprint density at radius 3 is 2.38 bits per heavy atom. The summed E-state index contributed by atoms with van der Waals surface area (Å²) in [4.78, 5) is 0. The van der Waals surface area contributed by atoms with E-state index in [1.165, 1.54) is 24.1 Å². The summed E-state index contributed by atoms with van der Waals surface area (Å²) in [5.41, 5.74) is 9.98. The second-order valence-electron chi connectivity index (χ2n) is 6.44. The molecule has 1 aromatic heterocycles. The molecule has 29 heavy (non-hydrogen) atoms. The lowest BCUT2D eigenvalue weighted by Gasteiger charge is -2.11. The van der Waals surface area contributed by atoms with Crippen LogP contribution >= 0.6 is 0 Å². The van der Waals surface area contributed by atoms with E-state index >= 15 is 0 Å². The fraction of sp³-hybridized carbons (Fsp3) is 0.500. The first-order valence-electron chi connectivity index (χ1n) is 9.21. The minimum absolute atomic E-state index is 0.808. The molecule has 0 saturated carbocycles. The first-order valence-corrected chi connectivity index (χ1v) is 10.5. The summed E-state index contributed by atoms with van der Waals surface area (Å²) in [6.45, 7) is 4.19. The van der Waals surface area contributed by atoms with Crippen molar-refractivity contribution in [1.29, 1.82) is 0 Å². The maximum absolute atomic E-state index is 9.22. The molecule has 164 valence electrons. The molecule has 0 aliphatic rings. The van der Waals surface area contributed by atoms with Crippen molar-refractivity contribution in [2.24, 2.45) is 14.1 Å². The molecule has 10 nitrogen and oxygen atoms in total. The van der Waals surface area contributed by atoms with Gasteiger partial charge >= 0.3 is 5.95 Å². The number of unbranched alkanes of at least 4 members (excludes halogenated alkanes) is 1. The van der Waals surface area contributed by atoms with Crippen LogP contribution in [0.3, 0.4) is 0 Å². The maximum Gasteiger partial charge on any atom is 0.378 e. The Balaban J connectivity index is 0.000000612. The van der Waals surface area contributed by atoms with Crippen molar-refractivity contribution < 1.29 is 21.7 Å². The molecule has 0 unspecified atom stereocenters. The Morgan fingerprint density at radius 2 is 1.86 bits per heavy atom. The number of hydrogen-bond donors (Lipinski definition) is 4. The quantitative estimate of drug-likeness (QED) is 0.146. The Kier molecular flexibility index (Phi) is 10.5. The molecule has 0 fully saturated rings. The fourth-order valence-electron chi connectivity index (χ4n) is 2.46. The molecule has 0 amide bonds. The van der Waals surface area contributed by atoms with Crippen molar-refractivity contribution >= 4 is 27.7 Å². The minimum Gasteiger partial charge on any atom is -0.726 e. The molecule has 2 aromatic rings. The van der Waals surface area contributed by atoms with Crippen LogP contribution < -0.4 is 26.1 Å². The highest BCUT2D eigenvalue weighted by atomic mass is 32.3. The standard InChI is InChI=1S/C17H28N6.CH4O4S/c1-14-13-15(19-10-6-5-9-18-2)7-8-16(14)20-21-17-22(3)11-12-23(17)4;1-5-6(2,3)4/h7-8,11-13,18-20H,5-6,9-10H2,1-4H3;1H3,(H,2,3,4). The average Bonchev–Trinajstić information content (AvgIpc) is 2.99. The van der Waals surface area contributed by atoms with Crippen molar-refractivity contribution in [3.63, 3.8) is 0 Å². The SMILES string of the molecule is CNCCCCNc1ccc(NNc2n(C)cc[n+]2C)c(C)c1.COS(=O)(=O)[O-]. The van der Waals surface area contributed by atoms with Gasteiger partial charge in [0.1, 0.15) is 0 Å². The van der Waals surface area contributed by atoms with E-state index in [9.17, 15) is 13.0 Å². The van der Waals surface area contributed by atoms with Gasteiger partial charge < -0.3 is 15.2 Å². The molecule has 0 aliphatic carbocycles. The van der Waals surface area contributed by atoms with E-state index < -0.39 is 10.4 Å². The van der Waals surface area contributed by atoms with Crippen molar-refractivity contribution in [2.45, 2.75) is 19.8 Å². The summed E-state index contributed by atoms with van der Waals surface area (Å²) in [5.74, 6) is 0.996. The third kappa shape index (κ3) is 9.61. The van der Waals surface area contributed by atoms with Crippen LogP contribution in [-0.4, -0.2) is 44.8 Å². The Labute approximate surface area is 173 Å². The molecule has 0 radical (unpaired) electrons. The first-order chi connectivity index (χ1) is 13.7. The Bertz CT molecular complexity index is 835. The number of rotatable bonds is 10. The lowest BCUT2D eigenvalue weighted by Crippen LogP contribution is -2.32. The maximum atomic E-state index is 9.22. The largest absolute Gasteiger partial charge is 0.726 e. The predicted octanol–water partition coefficient (Wildman–Crippen LogP) is 1.10. The number of hydrogen-bond acceptors (Lipinski definition) is 8. The molecule has 11 heteroatoms. The van der Waals surface area contributed by atoms with Crippen LogP contribution in [0.1, 0.15) is 18.4 Å². The lowest BCUT2D eigenvalue weighted by atomic mass is 10.2. The number of aromatic nitrogens is 2. The highest BCUT2D eigenvalue weighted by molar-refractivity contribution is 7.80. The van der Waals surface area contributed by atoms with E-state index in [2.05, 4.69) is 50.8 Å². The highest BCUT2D eigenvalue weighted by Crippen LogP contribution is 2.19. The zero-order valence-corrected chi connectivity index (χ0v) is 18.5. The zero-order valence-electron chi connectivity index (χ0n) is 17.7. The van der Waals surface area contributed by atoms with Gasteiger partial charge in [0.15, 0.2) is 0 Å². The first kappa shape index (κ1) is 24.7. The van der Waals surface area contributed by atoms with E-state index in [-0.39, 0.29) is 0 Å². The van der Waals surface area contributed by atoms with Crippen LogP contribution in [0.15, 0.2) is 30.6 Å². The second kappa shape index (κ2) is 12.3. The van der Waals surface area contributed by atoms with E-state index in [0.29, 0.717) is 0 Å². The van der Waals surface area contributed by atoms with Gasteiger partial charge in [0.05, 0.1) is 39.3 Å². The van der Waals surface area contributed by atoms with Crippen molar-refractivity contribution in [1.82, 2.24) is 9.88 Å². The number of imidazole rings is 1. The van der Waals surface area contributed by atoms with Gasteiger partial charge in [-0.25, -0.2) is 17.6 Å². The molecule has 0 bridgehead atoms. The molecular formula is C18H32N6O4S. The third-order valence-corrected chi connectivity index (χ3v) is 4.51. The predicted molar refractivity (Wildman–Crippen MR) is 113 cm³/mol. The summed E-state index contributed by atoms with van der Waals surface area (Å²) < 4.78 is 35.1. The van der Waals surface area contributed by atoms with E-state index in [1.54, 1.807) is 0 Å². The monoisotopic (exact) mass is 428 g/mol. The van der Waals surface area contributed by atoms with E-state index in [1.807, 2.05) is 42.7 Å². The van der Waals surface area contributed by atoms with Gasteiger partial charge in [0.2, 0.25) is 10.4 Å². The normalized spacial score (nSPS) is 10.8.